The molecule has 0 bridgehead atoms. The van der Waals surface area contributed by atoms with E-state index in [1.165, 1.54) is 0 Å². The van der Waals surface area contributed by atoms with Gasteiger partial charge in [0.2, 0.25) is 5.91 Å². The van der Waals surface area contributed by atoms with Gasteiger partial charge in [-0.1, -0.05) is 19.1 Å². The topological polar surface area (TPSA) is 74.0 Å². The van der Waals surface area contributed by atoms with Gasteiger partial charge in [-0.3, -0.25) is 9.69 Å². The Balaban J connectivity index is 1.99. The number of anilines is 1. The molecule has 0 aliphatic rings. The molecule has 1 heterocycles. The van der Waals surface area contributed by atoms with Gasteiger partial charge < -0.3 is 5.32 Å². The van der Waals surface area contributed by atoms with Gasteiger partial charge in [0.25, 0.3) is 0 Å². The first-order valence-electron chi connectivity index (χ1n) is 8.50. The number of rotatable bonds is 7. The lowest BCUT2D eigenvalue weighted by Crippen LogP contribution is -2.39. The second-order valence-electron chi connectivity index (χ2n) is 6.31. The van der Waals surface area contributed by atoms with Gasteiger partial charge in [0, 0.05) is 12.6 Å². The highest BCUT2D eigenvalue weighted by molar-refractivity contribution is 5.93. The van der Waals surface area contributed by atoms with Crippen LogP contribution in [0.15, 0.2) is 36.5 Å². The molecular weight excluding hydrogens is 314 g/mol. The lowest BCUT2D eigenvalue weighted by atomic mass is 10.1. The number of carbonyl (C=O) groups excluding carboxylic acids is 1. The van der Waals surface area contributed by atoms with Crippen LogP contribution in [-0.2, 0) is 11.3 Å². The molecule has 1 N–H and O–H groups in total. The molecular formula is C19H25N5O. The quantitative estimate of drug-likeness (QED) is 0.841. The van der Waals surface area contributed by atoms with E-state index in [9.17, 15) is 4.79 Å². The summed E-state index contributed by atoms with van der Waals surface area (Å²) in [6.07, 6.45) is 2.64. The summed E-state index contributed by atoms with van der Waals surface area (Å²) >= 11 is 0. The Bertz CT molecular complexity index is 744. The first kappa shape index (κ1) is 18.7. The average Bonchev–Trinajstić information content (AvgIpc) is 3.08. The normalized spacial score (nSPS) is 13.3. The molecule has 25 heavy (non-hydrogen) atoms. The van der Waals surface area contributed by atoms with Crippen molar-refractivity contribution in [2.75, 3.05) is 12.4 Å². The van der Waals surface area contributed by atoms with Gasteiger partial charge in [-0.15, -0.1) is 0 Å². The van der Waals surface area contributed by atoms with E-state index in [2.05, 4.69) is 30.3 Å². The maximum Gasteiger partial charge on any atom is 0.242 e. The fourth-order valence-corrected chi connectivity index (χ4v) is 2.48. The Kier molecular flexibility index (Phi) is 6.31. The molecule has 2 aromatic rings. The number of nitrogens with zero attached hydrogens (tertiary/aromatic N) is 4. The van der Waals surface area contributed by atoms with Crippen molar-refractivity contribution in [2.45, 2.75) is 45.8 Å². The van der Waals surface area contributed by atoms with E-state index in [0.717, 1.165) is 17.8 Å². The van der Waals surface area contributed by atoms with Crippen molar-refractivity contribution in [2.24, 2.45) is 0 Å². The summed E-state index contributed by atoms with van der Waals surface area (Å²) in [7, 11) is 1.91. The number of hydrogen-bond donors (Lipinski definition) is 1. The zero-order chi connectivity index (χ0) is 18.4. The molecule has 0 fully saturated rings. The fraction of sp³-hybridized carbons (Fsp3) is 0.421. The van der Waals surface area contributed by atoms with Crippen LogP contribution in [0.1, 0.15) is 44.4 Å². The van der Waals surface area contributed by atoms with Crippen molar-refractivity contribution in [3.05, 3.63) is 47.7 Å². The first-order valence-corrected chi connectivity index (χ1v) is 8.50. The monoisotopic (exact) mass is 339 g/mol. The molecule has 0 aliphatic heterocycles. The van der Waals surface area contributed by atoms with Crippen molar-refractivity contribution in [1.29, 1.82) is 5.26 Å². The molecule has 0 aliphatic carbocycles. The van der Waals surface area contributed by atoms with Crippen molar-refractivity contribution >= 4 is 11.7 Å². The van der Waals surface area contributed by atoms with Crippen LogP contribution in [0.2, 0.25) is 0 Å². The van der Waals surface area contributed by atoms with Gasteiger partial charge in [0.05, 0.1) is 29.9 Å². The van der Waals surface area contributed by atoms with E-state index >= 15 is 0 Å². The zero-order valence-electron chi connectivity index (χ0n) is 15.2. The number of benzene rings is 1. The van der Waals surface area contributed by atoms with E-state index in [-0.39, 0.29) is 18.0 Å². The van der Waals surface area contributed by atoms with Gasteiger partial charge in [-0.05, 0) is 45.0 Å². The van der Waals surface area contributed by atoms with Crippen LogP contribution in [0.5, 0.6) is 0 Å². The summed E-state index contributed by atoms with van der Waals surface area (Å²) in [5, 5.41) is 16.1. The molecule has 0 unspecified atom stereocenters. The van der Waals surface area contributed by atoms with Crippen molar-refractivity contribution in [3.63, 3.8) is 0 Å². The fourth-order valence-electron chi connectivity index (χ4n) is 2.48. The van der Waals surface area contributed by atoms with Gasteiger partial charge in [-0.2, -0.15) is 10.4 Å². The Morgan fingerprint density at radius 1 is 1.32 bits per heavy atom. The largest absolute Gasteiger partial charge is 0.310 e. The Morgan fingerprint density at radius 2 is 2.00 bits per heavy atom. The number of hydrogen-bond acceptors (Lipinski definition) is 4. The highest BCUT2D eigenvalue weighted by Gasteiger charge is 2.20. The SMILES string of the molecule is CC[C@H](C)n1nccc1NC(=O)[C@@H](C)N(C)Cc1ccc(C#N)cc1. The molecule has 1 aromatic carbocycles. The highest BCUT2D eigenvalue weighted by Crippen LogP contribution is 2.17. The smallest absolute Gasteiger partial charge is 0.242 e. The Morgan fingerprint density at radius 3 is 2.60 bits per heavy atom. The van der Waals surface area contributed by atoms with Crippen LogP contribution in [0.3, 0.4) is 0 Å². The molecule has 1 aromatic heterocycles. The maximum absolute atomic E-state index is 12.6. The minimum absolute atomic E-state index is 0.0683. The van der Waals surface area contributed by atoms with Crippen molar-refractivity contribution in [3.8, 4) is 6.07 Å². The van der Waals surface area contributed by atoms with Crippen molar-refractivity contribution < 1.29 is 4.79 Å². The minimum atomic E-state index is -0.295. The van der Waals surface area contributed by atoms with E-state index in [4.69, 9.17) is 5.26 Å². The van der Waals surface area contributed by atoms with Crippen LogP contribution >= 0.6 is 0 Å². The van der Waals surface area contributed by atoms with Crippen LogP contribution < -0.4 is 5.32 Å². The van der Waals surface area contributed by atoms with Crippen LogP contribution in [0.4, 0.5) is 5.82 Å². The third kappa shape index (κ3) is 4.68. The number of carbonyl (C=O) groups is 1. The third-order valence-corrected chi connectivity index (χ3v) is 4.49. The highest BCUT2D eigenvalue weighted by atomic mass is 16.2. The average molecular weight is 339 g/mol. The summed E-state index contributed by atoms with van der Waals surface area (Å²) in [6, 6.07) is 11.3. The van der Waals surface area contributed by atoms with E-state index < -0.39 is 0 Å². The molecule has 1 amide bonds. The first-order chi connectivity index (χ1) is 12.0. The van der Waals surface area contributed by atoms with E-state index in [1.807, 2.05) is 41.8 Å². The Hall–Kier alpha value is -2.65. The van der Waals surface area contributed by atoms with Gasteiger partial charge in [0.15, 0.2) is 0 Å². The predicted molar refractivity (Wildman–Crippen MR) is 97.9 cm³/mol. The number of nitrogens with one attached hydrogen (secondary N) is 1. The summed E-state index contributed by atoms with van der Waals surface area (Å²) in [6.45, 7) is 6.67. The van der Waals surface area contributed by atoms with E-state index in [1.54, 1.807) is 18.3 Å². The zero-order valence-corrected chi connectivity index (χ0v) is 15.2. The molecule has 2 rings (SSSR count). The molecule has 6 heteroatoms. The number of likely N-dealkylation sites (N-methyl/N-ethyl adjacent to an activating group) is 1. The predicted octanol–water partition coefficient (Wildman–Crippen LogP) is 3.18. The van der Waals surface area contributed by atoms with E-state index in [0.29, 0.717) is 12.1 Å². The second-order valence-corrected chi connectivity index (χ2v) is 6.31. The minimum Gasteiger partial charge on any atom is -0.310 e. The van der Waals surface area contributed by atoms with Crippen LogP contribution in [-0.4, -0.2) is 33.7 Å². The maximum atomic E-state index is 12.6. The lowest BCUT2D eigenvalue weighted by Gasteiger charge is -2.24. The molecule has 0 radical (unpaired) electrons. The standard InChI is InChI=1S/C19H25N5O/c1-5-14(2)24-18(10-11-21-24)22-19(25)15(3)23(4)13-17-8-6-16(12-20)7-9-17/h6-11,14-15H,5,13H2,1-4H3,(H,22,25)/t14-,15+/m0/s1. The second kappa shape index (κ2) is 8.45. The number of nitriles is 1. The summed E-state index contributed by atoms with van der Waals surface area (Å²) in [5.41, 5.74) is 1.70. The molecule has 0 saturated carbocycles. The summed E-state index contributed by atoms with van der Waals surface area (Å²) < 4.78 is 1.84. The molecule has 0 saturated heterocycles. The van der Waals surface area contributed by atoms with Crippen LogP contribution in [0, 0.1) is 11.3 Å². The van der Waals surface area contributed by atoms with Gasteiger partial charge >= 0.3 is 0 Å². The molecule has 0 spiro atoms. The molecule has 6 nitrogen and oxygen atoms in total. The van der Waals surface area contributed by atoms with Crippen LogP contribution in [0.25, 0.3) is 0 Å². The van der Waals surface area contributed by atoms with Gasteiger partial charge in [-0.25, -0.2) is 4.68 Å². The Labute approximate surface area is 149 Å². The summed E-state index contributed by atoms with van der Waals surface area (Å²) in [5.74, 6) is 0.652. The van der Waals surface area contributed by atoms with Gasteiger partial charge in [0.1, 0.15) is 5.82 Å². The number of aromatic nitrogens is 2. The van der Waals surface area contributed by atoms with Crippen molar-refractivity contribution in [1.82, 2.24) is 14.7 Å². The molecule has 2 atom stereocenters. The number of amides is 1. The third-order valence-electron chi connectivity index (χ3n) is 4.49. The lowest BCUT2D eigenvalue weighted by molar-refractivity contribution is -0.120. The summed E-state index contributed by atoms with van der Waals surface area (Å²) in [4.78, 5) is 14.5. The molecule has 132 valence electrons.